The summed E-state index contributed by atoms with van der Waals surface area (Å²) in [5, 5.41) is 1.09. The van der Waals surface area contributed by atoms with Crippen LogP contribution in [0, 0.1) is 6.92 Å². The van der Waals surface area contributed by atoms with Gasteiger partial charge in [0.25, 0.3) is 5.91 Å². The molecule has 3 heterocycles. The minimum Gasteiger partial charge on any atom is -0.378 e. The summed E-state index contributed by atoms with van der Waals surface area (Å²) >= 11 is 0. The molecule has 0 radical (unpaired) electrons. The first kappa shape index (κ1) is 14.9. The van der Waals surface area contributed by atoms with Crippen molar-refractivity contribution in [2.45, 2.75) is 6.92 Å². The molecular weight excluding hydrogens is 302 g/mol. The number of pyridine rings is 1. The highest BCUT2D eigenvalue weighted by Crippen LogP contribution is 2.30. The van der Waals surface area contributed by atoms with Gasteiger partial charge in [0.2, 0.25) is 0 Å². The Kier molecular flexibility index (Phi) is 3.78. The summed E-state index contributed by atoms with van der Waals surface area (Å²) in [7, 11) is 0. The van der Waals surface area contributed by atoms with Gasteiger partial charge in [0.15, 0.2) is 0 Å². The maximum absolute atomic E-state index is 12.6. The van der Waals surface area contributed by atoms with Gasteiger partial charge < -0.3 is 14.6 Å². The molecule has 1 N–H and O–H groups in total. The molecule has 0 unspecified atom stereocenters. The summed E-state index contributed by atoms with van der Waals surface area (Å²) in [6.45, 7) is 4.60. The van der Waals surface area contributed by atoms with E-state index in [1.165, 1.54) is 0 Å². The quantitative estimate of drug-likeness (QED) is 0.789. The van der Waals surface area contributed by atoms with Gasteiger partial charge in [0, 0.05) is 36.4 Å². The molecule has 0 spiro atoms. The van der Waals surface area contributed by atoms with Gasteiger partial charge >= 0.3 is 0 Å². The number of fused-ring (bicyclic) bond motifs is 1. The second-order valence-corrected chi connectivity index (χ2v) is 6.03. The first-order valence-electron chi connectivity index (χ1n) is 8.14. The summed E-state index contributed by atoms with van der Waals surface area (Å²) in [4.78, 5) is 22.0. The fourth-order valence-electron chi connectivity index (χ4n) is 3.24. The molecule has 3 aromatic rings. The van der Waals surface area contributed by atoms with Crippen molar-refractivity contribution in [2.75, 3.05) is 26.3 Å². The van der Waals surface area contributed by atoms with E-state index in [0.29, 0.717) is 26.3 Å². The van der Waals surface area contributed by atoms with E-state index >= 15 is 0 Å². The van der Waals surface area contributed by atoms with Gasteiger partial charge in [-0.15, -0.1) is 0 Å². The number of nitrogens with zero attached hydrogens (tertiary/aromatic N) is 2. The number of nitrogens with one attached hydrogen (secondary N) is 1. The normalized spacial score (nSPS) is 15.0. The van der Waals surface area contributed by atoms with E-state index in [1.807, 2.05) is 48.4 Å². The fourth-order valence-corrected chi connectivity index (χ4v) is 3.24. The minimum absolute atomic E-state index is 0.0782. The maximum atomic E-state index is 12.6. The van der Waals surface area contributed by atoms with Crippen LogP contribution in [0.5, 0.6) is 0 Å². The number of aromatic amines is 1. The molecule has 1 aliphatic rings. The Hall–Kier alpha value is -2.66. The number of ether oxygens (including phenoxy) is 1. The summed E-state index contributed by atoms with van der Waals surface area (Å²) < 4.78 is 5.32. The molecule has 0 saturated carbocycles. The first-order chi connectivity index (χ1) is 11.7. The third kappa shape index (κ3) is 2.57. The van der Waals surface area contributed by atoms with Gasteiger partial charge in [0.1, 0.15) is 5.65 Å². The van der Waals surface area contributed by atoms with Crippen LogP contribution in [0.3, 0.4) is 0 Å². The molecule has 1 amide bonds. The molecule has 1 fully saturated rings. The molecule has 4 rings (SSSR count). The lowest BCUT2D eigenvalue weighted by Gasteiger charge is -2.27. The number of hydrogen-bond donors (Lipinski definition) is 1. The number of rotatable bonds is 2. The standard InChI is InChI=1S/C19H19N3O2/c1-13-12-14(19(23)22-8-10-24-11-9-22)2-3-15(13)16-4-6-20-18-17(16)5-7-21-18/h2-7,12H,8-11H2,1H3,(H,20,21). The number of benzene rings is 1. The van der Waals surface area contributed by atoms with Gasteiger partial charge in [0.05, 0.1) is 13.2 Å². The Labute approximate surface area is 140 Å². The number of hydrogen-bond acceptors (Lipinski definition) is 3. The Morgan fingerprint density at radius 3 is 2.79 bits per heavy atom. The predicted octanol–water partition coefficient (Wildman–Crippen LogP) is 3.01. The van der Waals surface area contributed by atoms with Crippen molar-refractivity contribution >= 4 is 16.9 Å². The van der Waals surface area contributed by atoms with Crippen LogP contribution in [0.2, 0.25) is 0 Å². The minimum atomic E-state index is 0.0782. The lowest BCUT2D eigenvalue weighted by molar-refractivity contribution is 0.0303. The van der Waals surface area contributed by atoms with Crippen molar-refractivity contribution in [3.63, 3.8) is 0 Å². The van der Waals surface area contributed by atoms with Gasteiger partial charge in [-0.1, -0.05) is 6.07 Å². The maximum Gasteiger partial charge on any atom is 0.254 e. The fraction of sp³-hybridized carbons (Fsp3) is 0.263. The SMILES string of the molecule is Cc1cc(C(=O)N2CCOCC2)ccc1-c1ccnc2[nH]ccc12. The van der Waals surface area contributed by atoms with E-state index in [9.17, 15) is 4.79 Å². The van der Waals surface area contributed by atoms with E-state index in [4.69, 9.17) is 4.74 Å². The molecule has 122 valence electrons. The third-order valence-corrected chi connectivity index (χ3v) is 4.52. The van der Waals surface area contributed by atoms with Crippen molar-refractivity contribution < 1.29 is 9.53 Å². The van der Waals surface area contributed by atoms with Crippen molar-refractivity contribution in [1.29, 1.82) is 0 Å². The van der Waals surface area contributed by atoms with Crippen LogP contribution < -0.4 is 0 Å². The molecule has 5 nitrogen and oxygen atoms in total. The molecule has 5 heteroatoms. The second-order valence-electron chi connectivity index (χ2n) is 6.03. The second kappa shape index (κ2) is 6.09. The molecule has 1 aromatic carbocycles. The van der Waals surface area contributed by atoms with Crippen molar-refractivity contribution in [1.82, 2.24) is 14.9 Å². The molecule has 2 aromatic heterocycles. The Balaban J connectivity index is 1.69. The van der Waals surface area contributed by atoms with Crippen LogP contribution in [0.15, 0.2) is 42.7 Å². The number of morpholine rings is 1. The van der Waals surface area contributed by atoms with Gasteiger partial charge in [-0.25, -0.2) is 4.98 Å². The van der Waals surface area contributed by atoms with Crippen LogP contribution in [0.1, 0.15) is 15.9 Å². The van der Waals surface area contributed by atoms with Crippen molar-refractivity contribution in [2.24, 2.45) is 0 Å². The Morgan fingerprint density at radius 1 is 1.17 bits per heavy atom. The number of aromatic nitrogens is 2. The highest BCUT2D eigenvalue weighted by molar-refractivity contribution is 5.97. The predicted molar refractivity (Wildman–Crippen MR) is 93.0 cm³/mol. The largest absolute Gasteiger partial charge is 0.378 e. The van der Waals surface area contributed by atoms with E-state index in [-0.39, 0.29) is 5.91 Å². The molecule has 0 bridgehead atoms. The zero-order valence-electron chi connectivity index (χ0n) is 13.6. The molecule has 1 aliphatic heterocycles. The summed E-state index contributed by atoms with van der Waals surface area (Å²) in [5.74, 6) is 0.0782. The van der Waals surface area contributed by atoms with Crippen molar-refractivity contribution in [3.05, 3.63) is 53.9 Å². The highest BCUT2D eigenvalue weighted by atomic mass is 16.5. The molecule has 0 atom stereocenters. The Morgan fingerprint density at radius 2 is 2.00 bits per heavy atom. The lowest BCUT2D eigenvalue weighted by Crippen LogP contribution is -2.40. The summed E-state index contributed by atoms with van der Waals surface area (Å²) in [6, 6.07) is 9.97. The number of carbonyl (C=O) groups is 1. The van der Waals surface area contributed by atoms with Crippen LogP contribution in [0.4, 0.5) is 0 Å². The average molecular weight is 321 g/mol. The van der Waals surface area contributed by atoms with E-state index in [0.717, 1.165) is 33.3 Å². The van der Waals surface area contributed by atoms with Crippen LogP contribution in [-0.4, -0.2) is 47.1 Å². The van der Waals surface area contributed by atoms with E-state index in [2.05, 4.69) is 9.97 Å². The van der Waals surface area contributed by atoms with E-state index in [1.54, 1.807) is 6.20 Å². The lowest BCUT2D eigenvalue weighted by atomic mass is 9.97. The van der Waals surface area contributed by atoms with Crippen molar-refractivity contribution in [3.8, 4) is 11.1 Å². The smallest absolute Gasteiger partial charge is 0.254 e. The number of carbonyl (C=O) groups excluding carboxylic acids is 1. The molecule has 1 saturated heterocycles. The molecular formula is C19H19N3O2. The van der Waals surface area contributed by atoms with Crippen LogP contribution >= 0.6 is 0 Å². The van der Waals surface area contributed by atoms with Gasteiger partial charge in [-0.2, -0.15) is 0 Å². The third-order valence-electron chi connectivity index (χ3n) is 4.52. The van der Waals surface area contributed by atoms with Crippen LogP contribution in [0.25, 0.3) is 22.2 Å². The Bertz CT molecular complexity index is 895. The van der Waals surface area contributed by atoms with E-state index < -0.39 is 0 Å². The monoisotopic (exact) mass is 321 g/mol. The number of aryl methyl sites for hydroxylation is 1. The number of H-pyrrole nitrogens is 1. The van der Waals surface area contributed by atoms with Gasteiger partial charge in [-0.05, 0) is 47.9 Å². The zero-order chi connectivity index (χ0) is 16.5. The summed E-state index contributed by atoms with van der Waals surface area (Å²) in [6.07, 6.45) is 3.70. The number of amides is 1. The first-order valence-corrected chi connectivity index (χ1v) is 8.14. The van der Waals surface area contributed by atoms with Gasteiger partial charge in [-0.3, -0.25) is 4.79 Å². The summed E-state index contributed by atoms with van der Waals surface area (Å²) in [5.41, 5.74) is 4.95. The average Bonchev–Trinajstić information content (AvgIpc) is 3.11. The van der Waals surface area contributed by atoms with Crippen LogP contribution in [-0.2, 0) is 4.74 Å². The topological polar surface area (TPSA) is 58.2 Å². The zero-order valence-corrected chi connectivity index (χ0v) is 13.6. The molecule has 24 heavy (non-hydrogen) atoms. The highest BCUT2D eigenvalue weighted by Gasteiger charge is 2.19. The molecule has 0 aliphatic carbocycles.